The van der Waals surface area contributed by atoms with Crippen LogP contribution in [0.1, 0.15) is 94.9 Å². The fourth-order valence-electron chi connectivity index (χ4n) is 5.26. The standard InChI is InChI=1S/C27H56O5/c1-11-20(5)27(14-25(10)31-15-19(3)4,21(6)16-30-17-22(7)28)26(12-2)13-24(9)32-18-23(8)29/h19-26,28-29H,11-18H2,1-10H3. The van der Waals surface area contributed by atoms with Crippen molar-refractivity contribution in [1.29, 1.82) is 0 Å². The van der Waals surface area contributed by atoms with Gasteiger partial charge < -0.3 is 24.4 Å². The second-order valence-electron chi connectivity index (χ2n) is 10.8. The van der Waals surface area contributed by atoms with Crippen LogP contribution in [0.3, 0.4) is 0 Å². The van der Waals surface area contributed by atoms with Gasteiger partial charge in [0.25, 0.3) is 0 Å². The summed E-state index contributed by atoms with van der Waals surface area (Å²) in [6.45, 7) is 23.7. The summed E-state index contributed by atoms with van der Waals surface area (Å²) >= 11 is 0. The molecule has 0 rings (SSSR count). The summed E-state index contributed by atoms with van der Waals surface area (Å²) in [5.41, 5.74) is 0.0288. The fraction of sp³-hybridized carbons (Fsp3) is 1.00. The molecule has 5 heteroatoms. The van der Waals surface area contributed by atoms with Crippen molar-refractivity contribution >= 4 is 0 Å². The van der Waals surface area contributed by atoms with E-state index < -0.39 is 12.2 Å². The third-order valence-corrected chi connectivity index (χ3v) is 7.02. The summed E-state index contributed by atoms with van der Waals surface area (Å²) in [6.07, 6.45) is 3.42. The van der Waals surface area contributed by atoms with Crippen molar-refractivity contribution in [3.8, 4) is 0 Å². The van der Waals surface area contributed by atoms with E-state index in [-0.39, 0.29) is 17.6 Å². The molecular formula is C27H56O5. The predicted octanol–water partition coefficient (Wildman–Crippen LogP) is 5.71. The van der Waals surface area contributed by atoms with Gasteiger partial charge in [-0.3, -0.25) is 0 Å². The minimum atomic E-state index is -0.454. The molecule has 0 fully saturated rings. The molecular weight excluding hydrogens is 404 g/mol. The molecule has 2 N–H and O–H groups in total. The second-order valence-corrected chi connectivity index (χ2v) is 10.8. The first-order chi connectivity index (χ1) is 14.9. The molecule has 0 aromatic heterocycles. The minimum Gasteiger partial charge on any atom is -0.391 e. The Labute approximate surface area is 199 Å². The van der Waals surface area contributed by atoms with Gasteiger partial charge in [-0.25, -0.2) is 0 Å². The van der Waals surface area contributed by atoms with Crippen LogP contribution in [0.5, 0.6) is 0 Å². The monoisotopic (exact) mass is 460 g/mol. The van der Waals surface area contributed by atoms with Gasteiger partial charge in [0.2, 0.25) is 0 Å². The van der Waals surface area contributed by atoms with Crippen molar-refractivity contribution in [1.82, 2.24) is 0 Å². The Morgan fingerprint density at radius 1 is 0.656 bits per heavy atom. The molecule has 5 nitrogen and oxygen atoms in total. The van der Waals surface area contributed by atoms with Crippen LogP contribution in [-0.4, -0.2) is 61.1 Å². The maximum atomic E-state index is 9.69. The lowest BCUT2D eigenvalue weighted by molar-refractivity contribution is -0.0999. The molecule has 0 aliphatic carbocycles. The van der Waals surface area contributed by atoms with Crippen molar-refractivity contribution in [2.24, 2.45) is 29.1 Å². The lowest BCUT2D eigenvalue weighted by Crippen LogP contribution is -2.47. The molecule has 32 heavy (non-hydrogen) atoms. The van der Waals surface area contributed by atoms with E-state index in [1.165, 1.54) is 0 Å². The fourth-order valence-corrected chi connectivity index (χ4v) is 5.26. The van der Waals surface area contributed by atoms with E-state index in [4.69, 9.17) is 14.2 Å². The molecule has 194 valence electrons. The zero-order valence-electron chi connectivity index (χ0n) is 22.9. The number of aliphatic hydroxyl groups excluding tert-OH is 2. The van der Waals surface area contributed by atoms with Crippen molar-refractivity contribution in [3.05, 3.63) is 0 Å². The summed E-state index contributed by atoms with van der Waals surface area (Å²) in [6, 6.07) is 0. The topological polar surface area (TPSA) is 68.2 Å². The first-order valence-corrected chi connectivity index (χ1v) is 13.1. The van der Waals surface area contributed by atoms with Gasteiger partial charge in [-0.2, -0.15) is 0 Å². The molecule has 0 radical (unpaired) electrons. The molecule has 0 aliphatic heterocycles. The van der Waals surface area contributed by atoms with Crippen molar-refractivity contribution < 1.29 is 24.4 Å². The van der Waals surface area contributed by atoms with E-state index in [0.29, 0.717) is 43.5 Å². The summed E-state index contributed by atoms with van der Waals surface area (Å²) < 4.78 is 18.2. The summed E-state index contributed by atoms with van der Waals surface area (Å²) in [5, 5.41) is 19.3. The quantitative estimate of drug-likeness (QED) is 0.258. The lowest BCUT2D eigenvalue weighted by atomic mass is 9.55. The van der Waals surface area contributed by atoms with Crippen molar-refractivity contribution in [3.63, 3.8) is 0 Å². The Kier molecular flexibility index (Phi) is 16.3. The van der Waals surface area contributed by atoms with Gasteiger partial charge in [-0.1, -0.05) is 54.4 Å². The molecule has 8 atom stereocenters. The largest absolute Gasteiger partial charge is 0.391 e. The number of ether oxygens (including phenoxy) is 3. The van der Waals surface area contributed by atoms with E-state index in [9.17, 15) is 10.2 Å². The molecule has 0 heterocycles. The smallest absolute Gasteiger partial charge is 0.0745 e. The zero-order valence-corrected chi connectivity index (χ0v) is 22.9. The molecule has 0 aromatic rings. The normalized spacial score (nSPS) is 20.9. The average Bonchev–Trinajstić information content (AvgIpc) is 2.71. The molecule has 0 aromatic carbocycles. The Balaban J connectivity index is 5.89. The predicted molar refractivity (Wildman–Crippen MR) is 134 cm³/mol. The van der Waals surface area contributed by atoms with Crippen LogP contribution >= 0.6 is 0 Å². The van der Waals surface area contributed by atoms with Gasteiger partial charge in [0, 0.05) is 13.2 Å². The summed E-state index contributed by atoms with van der Waals surface area (Å²) in [4.78, 5) is 0. The highest BCUT2D eigenvalue weighted by molar-refractivity contribution is 4.96. The van der Waals surface area contributed by atoms with Gasteiger partial charge >= 0.3 is 0 Å². The average molecular weight is 461 g/mol. The van der Waals surface area contributed by atoms with E-state index in [1.807, 2.05) is 0 Å². The number of hydrogen-bond acceptors (Lipinski definition) is 5. The van der Waals surface area contributed by atoms with Gasteiger partial charge in [0.15, 0.2) is 0 Å². The van der Waals surface area contributed by atoms with Crippen molar-refractivity contribution in [2.75, 3.05) is 26.4 Å². The lowest BCUT2D eigenvalue weighted by Gasteiger charge is -2.51. The van der Waals surface area contributed by atoms with E-state index in [2.05, 4.69) is 55.4 Å². The SMILES string of the molecule is CCC(C)C(CC(C)OCC(C)C)(C(C)COCC(C)O)C(CC)CC(C)OCC(C)O. The highest BCUT2D eigenvalue weighted by atomic mass is 16.5. The van der Waals surface area contributed by atoms with Crippen LogP contribution in [0, 0.1) is 29.1 Å². The highest BCUT2D eigenvalue weighted by Gasteiger charge is 2.47. The van der Waals surface area contributed by atoms with Gasteiger partial charge in [-0.15, -0.1) is 0 Å². The summed E-state index contributed by atoms with van der Waals surface area (Å²) in [7, 11) is 0. The Hall–Kier alpha value is -0.200. The van der Waals surface area contributed by atoms with Crippen molar-refractivity contribution in [2.45, 2.75) is 119 Å². The first-order valence-electron chi connectivity index (χ1n) is 13.1. The van der Waals surface area contributed by atoms with Gasteiger partial charge in [0.1, 0.15) is 0 Å². The number of hydrogen-bond donors (Lipinski definition) is 2. The zero-order chi connectivity index (χ0) is 24.9. The molecule has 0 amide bonds. The molecule has 0 spiro atoms. The van der Waals surface area contributed by atoms with Crippen LogP contribution < -0.4 is 0 Å². The first kappa shape index (κ1) is 31.8. The van der Waals surface area contributed by atoms with E-state index in [0.717, 1.165) is 32.3 Å². The van der Waals surface area contributed by atoms with E-state index >= 15 is 0 Å². The molecule has 8 unspecified atom stereocenters. The van der Waals surface area contributed by atoms with Crippen LogP contribution in [0.25, 0.3) is 0 Å². The Morgan fingerprint density at radius 3 is 1.69 bits per heavy atom. The summed E-state index contributed by atoms with van der Waals surface area (Å²) in [5.74, 6) is 1.76. The number of rotatable bonds is 19. The Bertz CT molecular complexity index is 453. The highest BCUT2D eigenvalue weighted by Crippen LogP contribution is 2.52. The molecule has 0 bridgehead atoms. The van der Waals surface area contributed by atoms with Gasteiger partial charge in [0.05, 0.1) is 37.6 Å². The Morgan fingerprint density at radius 2 is 1.22 bits per heavy atom. The van der Waals surface area contributed by atoms with Gasteiger partial charge in [-0.05, 0) is 69.6 Å². The van der Waals surface area contributed by atoms with Crippen LogP contribution in [0.15, 0.2) is 0 Å². The maximum absolute atomic E-state index is 9.69. The van der Waals surface area contributed by atoms with E-state index in [1.54, 1.807) is 13.8 Å². The third-order valence-electron chi connectivity index (χ3n) is 7.02. The maximum Gasteiger partial charge on any atom is 0.0745 e. The second kappa shape index (κ2) is 16.4. The van der Waals surface area contributed by atoms with Crippen LogP contribution in [0.2, 0.25) is 0 Å². The molecule has 0 aliphatic rings. The minimum absolute atomic E-state index is 0.0288. The third kappa shape index (κ3) is 11.3. The van der Waals surface area contributed by atoms with Crippen LogP contribution in [-0.2, 0) is 14.2 Å². The molecule has 0 saturated carbocycles. The molecule has 0 saturated heterocycles. The number of aliphatic hydroxyl groups is 2. The van der Waals surface area contributed by atoms with Crippen LogP contribution in [0.4, 0.5) is 0 Å².